The largest absolute Gasteiger partial charge is 0.352 e. The summed E-state index contributed by atoms with van der Waals surface area (Å²) in [6.07, 6.45) is 1.78. The molecule has 0 aliphatic rings. The van der Waals surface area contributed by atoms with E-state index in [-0.39, 0.29) is 24.4 Å². The Morgan fingerprint density at radius 3 is 2.50 bits per heavy atom. The topological polar surface area (TPSA) is 58.2 Å². The van der Waals surface area contributed by atoms with Gasteiger partial charge in [0.25, 0.3) is 5.91 Å². The lowest BCUT2D eigenvalue weighted by molar-refractivity contribution is -0.120. The first-order valence-electron chi connectivity index (χ1n) is 8.23. The van der Waals surface area contributed by atoms with Gasteiger partial charge in [-0.25, -0.2) is 0 Å². The van der Waals surface area contributed by atoms with Gasteiger partial charge in [0, 0.05) is 11.6 Å². The van der Waals surface area contributed by atoms with Crippen molar-refractivity contribution in [2.24, 2.45) is 0 Å². The van der Waals surface area contributed by atoms with Crippen molar-refractivity contribution in [3.63, 3.8) is 0 Å². The molecule has 0 spiro atoms. The van der Waals surface area contributed by atoms with E-state index in [1.54, 1.807) is 12.1 Å². The highest BCUT2D eigenvalue weighted by molar-refractivity contribution is 5.96. The molecule has 0 aromatic heterocycles. The van der Waals surface area contributed by atoms with Crippen LogP contribution in [0.15, 0.2) is 54.6 Å². The Kier molecular flexibility index (Phi) is 6.55. The highest BCUT2D eigenvalue weighted by Gasteiger charge is 2.10. The number of aryl methyl sites for hydroxylation is 2. The molecule has 0 saturated heterocycles. The molecule has 0 fully saturated rings. The van der Waals surface area contributed by atoms with Gasteiger partial charge in [0.05, 0.1) is 6.54 Å². The summed E-state index contributed by atoms with van der Waals surface area (Å²) in [5.74, 6) is -0.401. The molecule has 1 atom stereocenters. The Morgan fingerprint density at radius 2 is 1.79 bits per heavy atom. The Labute approximate surface area is 143 Å². The van der Waals surface area contributed by atoms with Crippen LogP contribution in [-0.2, 0) is 11.2 Å². The van der Waals surface area contributed by atoms with Gasteiger partial charge in [-0.1, -0.05) is 48.0 Å². The standard InChI is InChI=1S/C20H24N2O2/c1-15-7-6-10-18(13-15)20(24)21-14-19(23)22-16(2)11-12-17-8-4-3-5-9-17/h3-10,13,16H,11-12,14H2,1-2H3,(H,21,24)(H,22,23)/t16-/m1/s1. The van der Waals surface area contributed by atoms with Gasteiger partial charge in [0.2, 0.25) is 5.91 Å². The Morgan fingerprint density at radius 1 is 1.04 bits per heavy atom. The average molecular weight is 324 g/mol. The molecule has 126 valence electrons. The summed E-state index contributed by atoms with van der Waals surface area (Å²) >= 11 is 0. The van der Waals surface area contributed by atoms with Gasteiger partial charge in [-0.3, -0.25) is 9.59 Å². The molecule has 2 aromatic carbocycles. The summed E-state index contributed by atoms with van der Waals surface area (Å²) in [5, 5.41) is 5.57. The molecule has 0 aliphatic heterocycles. The molecular formula is C20H24N2O2. The van der Waals surface area contributed by atoms with Crippen molar-refractivity contribution in [3.05, 3.63) is 71.3 Å². The van der Waals surface area contributed by atoms with Gasteiger partial charge < -0.3 is 10.6 Å². The summed E-state index contributed by atoms with van der Waals surface area (Å²) in [6, 6.07) is 17.5. The number of rotatable bonds is 7. The van der Waals surface area contributed by atoms with E-state index < -0.39 is 0 Å². The molecule has 0 saturated carbocycles. The summed E-state index contributed by atoms with van der Waals surface area (Å²) in [6.45, 7) is 3.89. The zero-order chi connectivity index (χ0) is 17.4. The molecule has 0 bridgehead atoms. The van der Waals surface area contributed by atoms with Crippen LogP contribution in [0.1, 0.15) is 34.8 Å². The molecule has 2 rings (SSSR count). The molecule has 0 unspecified atom stereocenters. The van der Waals surface area contributed by atoms with Crippen molar-refractivity contribution in [1.29, 1.82) is 0 Å². The second-order valence-corrected chi connectivity index (χ2v) is 6.04. The predicted molar refractivity (Wildman–Crippen MR) is 95.9 cm³/mol. The van der Waals surface area contributed by atoms with E-state index >= 15 is 0 Å². The van der Waals surface area contributed by atoms with E-state index in [9.17, 15) is 9.59 Å². The van der Waals surface area contributed by atoms with E-state index in [0.717, 1.165) is 18.4 Å². The van der Waals surface area contributed by atoms with Crippen LogP contribution < -0.4 is 10.6 Å². The quantitative estimate of drug-likeness (QED) is 0.823. The fourth-order valence-corrected chi connectivity index (χ4v) is 2.47. The lowest BCUT2D eigenvalue weighted by atomic mass is 10.1. The molecule has 4 nitrogen and oxygen atoms in total. The summed E-state index contributed by atoms with van der Waals surface area (Å²) in [4.78, 5) is 23.9. The third-order valence-electron chi connectivity index (χ3n) is 3.81. The summed E-state index contributed by atoms with van der Waals surface area (Å²) in [7, 11) is 0. The van der Waals surface area contributed by atoms with Crippen molar-refractivity contribution in [3.8, 4) is 0 Å². The van der Waals surface area contributed by atoms with Gasteiger partial charge in [-0.05, 0) is 44.4 Å². The minimum Gasteiger partial charge on any atom is -0.352 e. The maximum atomic E-state index is 12.0. The summed E-state index contributed by atoms with van der Waals surface area (Å²) in [5.41, 5.74) is 2.84. The van der Waals surface area contributed by atoms with Crippen molar-refractivity contribution in [2.75, 3.05) is 6.54 Å². The van der Waals surface area contributed by atoms with Gasteiger partial charge in [0.1, 0.15) is 0 Å². The van der Waals surface area contributed by atoms with Crippen LogP contribution in [0.25, 0.3) is 0 Å². The number of benzene rings is 2. The second kappa shape index (κ2) is 8.87. The van der Waals surface area contributed by atoms with Gasteiger partial charge in [-0.2, -0.15) is 0 Å². The molecule has 0 radical (unpaired) electrons. The SMILES string of the molecule is Cc1cccc(C(=O)NCC(=O)N[C@H](C)CCc2ccccc2)c1. The van der Waals surface area contributed by atoms with Crippen LogP contribution in [0.3, 0.4) is 0 Å². The fraction of sp³-hybridized carbons (Fsp3) is 0.300. The number of carbonyl (C=O) groups excluding carboxylic acids is 2. The molecule has 4 heteroatoms. The lowest BCUT2D eigenvalue weighted by Crippen LogP contribution is -2.41. The first kappa shape index (κ1) is 17.7. The van der Waals surface area contributed by atoms with Gasteiger partial charge >= 0.3 is 0 Å². The Bertz CT molecular complexity index is 683. The van der Waals surface area contributed by atoms with Crippen molar-refractivity contribution < 1.29 is 9.59 Å². The number of hydrogen-bond donors (Lipinski definition) is 2. The van der Waals surface area contributed by atoms with E-state index in [1.165, 1.54) is 5.56 Å². The second-order valence-electron chi connectivity index (χ2n) is 6.04. The lowest BCUT2D eigenvalue weighted by Gasteiger charge is -2.14. The van der Waals surface area contributed by atoms with Gasteiger partial charge in [0.15, 0.2) is 0 Å². The van der Waals surface area contributed by atoms with Gasteiger partial charge in [-0.15, -0.1) is 0 Å². The van der Waals surface area contributed by atoms with Crippen molar-refractivity contribution in [1.82, 2.24) is 10.6 Å². The number of hydrogen-bond acceptors (Lipinski definition) is 2. The third-order valence-corrected chi connectivity index (χ3v) is 3.81. The van der Waals surface area contributed by atoms with Crippen LogP contribution in [-0.4, -0.2) is 24.4 Å². The first-order chi connectivity index (χ1) is 11.5. The molecule has 2 N–H and O–H groups in total. The first-order valence-corrected chi connectivity index (χ1v) is 8.23. The monoisotopic (exact) mass is 324 g/mol. The van der Waals surface area contributed by atoms with Crippen molar-refractivity contribution in [2.45, 2.75) is 32.7 Å². The highest BCUT2D eigenvalue weighted by Crippen LogP contribution is 2.05. The fourth-order valence-electron chi connectivity index (χ4n) is 2.47. The molecule has 0 aliphatic carbocycles. The van der Waals surface area contributed by atoms with E-state index in [2.05, 4.69) is 22.8 Å². The van der Waals surface area contributed by atoms with E-state index in [1.807, 2.05) is 44.2 Å². The molecule has 0 heterocycles. The third kappa shape index (κ3) is 5.88. The highest BCUT2D eigenvalue weighted by atomic mass is 16.2. The Balaban J connectivity index is 1.71. The zero-order valence-corrected chi connectivity index (χ0v) is 14.2. The van der Waals surface area contributed by atoms with Crippen molar-refractivity contribution >= 4 is 11.8 Å². The predicted octanol–water partition coefficient (Wildman–Crippen LogP) is 2.86. The number of nitrogens with one attached hydrogen (secondary N) is 2. The minimum absolute atomic E-state index is 0.0115. The molecule has 2 aromatic rings. The van der Waals surface area contributed by atoms with Crippen LogP contribution in [0.5, 0.6) is 0 Å². The van der Waals surface area contributed by atoms with Crippen LogP contribution in [0.4, 0.5) is 0 Å². The zero-order valence-electron chi connectivity index (χ0n) is 14.2. The average Bonchev–Trinajstić information content (AvgIpc) is 2.59. The smallest absolute Gasteiger partial charge is 0.251 e. The Hall–Kier alpha value is -2.62. The maximum Gasteiger partial charge on any atom is 0.251 e. The van der Waals surface area contributed by atoms with Crippen LogP contribution in [0.2, 0.25) is 0 Å². The number of amides is 2. The molecule has 24 heavy (non-hydrogen) atoms. The normalized spacial score (nSPS) is 11.6. The van der Waals surface area contributed by atoms with E-state index in [4.69, 9.17) is 0 Å². The summed E-state index contributed by atoms with van der Waals surface area (Å²) < 4.78 is 0. The minimum atomic E-state index is -0.231. The maximum absolute atomic E-state index is 12.0. The van der Waals surface area contributed by atoms with Crippen LogP contribution >= 0.6 is 0 Å². The molecular weight excluding hydrogens is 300 g/mol. The van der Waals surface area contributed by atoms with Crippen LogP contribution in [0, 0.1) is 6.92 Å². The number of carbonyl (C=O) groups is 2. The molecule has 2 amide bonds. The van der Waals surface area contributed by atoms with E-state index in [0.29, 0.717) is 5.56 Å².